The maximum absolute atomic E-state index is 13.4. The predicted molar refractivity (Wildman–Crippen MR) is 97.9 cm³/mol. The van der Waals surface area contributed by atoms with Gasteiger partial charge in [0.1, 0.15) is 23.2 Å². The van der Waals surface area contributed by atoms with Crippen molar-refractivity contribution < 1.29 is 18.7 Å². The van der Waals surface area contributed by atoms with Crippen LogP contribution in [0, 0.1) is 5.82 Å². The number of benzene rings is 2. The average molecular weight is 407 g/mol. The third kappa shape index (κ3) is 4.69. The van der Waals surface area contributed by atoms with E-state index in [0.717, 1.165) is 12.1 Å². The van der Waals surface area contributed by atoms with Crippen LogP contribution in [0.1, 0.15) is 5.56 Å². The van der Waals surface area contributed by atoms with Crippen molar-refractivity contribution in [2.45, 2.75) is 6.54 Å². The highest BCUT2D eigenvalue weighted by atomic mass is 35.5. The lowest BCUT2D eigenvalue weighted by Crippen LogP contribution is -2.31. The maximum Gasteiger partial charge on any atom is 0.242 e. The van der Waals surface area contributed by atoms with Crippen LogP contribution in [-0.4, -0.2) is 26.0 Å². The van der Waals surface area contributed by atoms with Crippen LogP contribution in [0.25, 0.3) is 0 Å². The van der Waals surface area contributed by atoms with Crippen LogP contribution in [0.3, 0.4) is 0 Å². The van der Waals surface area contributed by atoms with E-state index in [2.05, 4.69) is 0 Å². The van der Waals surface area contributed by atoms with E-state index >= 15 is 0 Å². The van der Waals surface area contributed by atoms with E-state index in [1.54, 1.807) is 18.2 Å². The molecule has 2 aromatic carbocycles. The molecule has 134 valence electrons. The normalized spacial score (nSPS) is 10.5. The molecule has 0 spiro atoms. The fraction of sp³-hybridized carbons (Fsp3) is 0.235. The van der Waals surface area contributed by atoms with Crippen molar-refractivity contribution >= 4 is 46.4 Å². The number of carbonyl (C=O) groups is 1. The maximum atomic E-state index is 13.4. The predicted octanol–water partition coefficient (Wildman–Crippen LogP) is 4.92. The molecule has 0 atom stereocenters. The molecule has 0 aliphatic carbocycles. The molecule has 0 aliphatic rings. The van der Waals surface area contributed by atoms with E-state index in [4.69, 9.17) is 44.3 Å². The Morgan fingerprint density at radius 2 is 1.56 bits per heavy atom. The summed E-state index contributed by atoms with van der Waals surface area (Å²) in [5.74, 6) is -0.197. The molecule has 4 nitrogen and oxygen atoms in total. The molecule has 0 radical (unpaired) electrons. The van der Waals surface area contributed by atoms with Crippen molar-refractivity contribution in [3.63, 3.8) is 0 Å². The van der Waals surface area contributed by atoms with Gasteiger partial charge in [-0.2, -0.15) is 0 Å². The Labute approximate surface area is 160 Å². The molecule has 25 heavy (non-hydrogen) atoms. The Balaban J connectivity index is 2.50. The molecular formula is C17H15Cl3FNO3. The van der Waals surface area contributed by atoms with Gasteiger partial charge in [0.2, 0.25) is 5.91 Å². The lowest BCUT2D eigenvalue weighted by Gasteiger charge is -2.24. The molecule has 0 bridgehead atoms. The van der Waals surface area contributed by atoms with Crippen LogP contribution in [-0.2, 0) is 11.3 Å². The zero-order chi connectivity index (χ0) is 18.6. The summed E-state index contributed by atoms with van der Waals surface area (Å²) in [5, 5.41) is 0.236. The van der Waals surface area contributed by atoms with Gasteiger partial charge in [0, 0.05) is 33.8 Å². The van der Waals surface area contributed by atoms with Crippen LogP contribution < -0.4 is 14.4 Å². The summed E-state index contributed by atoms with van der Waals surface area (Å²) in [6.45, 7) is 0.0137. The number of nitrogens with zero attached hydrogens (tertiary/aromatic N) is 1. The second kappa shape index (κ2) is 8.61. The number of hydrogen-bond donors (Lipinski definition) is 0. The second-order valence-electron chi connectivity index (χ2n) is 5.03. The smallest absolute Gasteiger partial charge is 0.242 e. The summed E-state index contributed by atoms with van der Waals surface area (Å²) < 4.78 is 23.8. The van der Waals surface area contributed by atoms with Gasteiger partial charge in [-0.1, -0.05) is 23.2 Å². The zero-order valence-electron chi connectivity index (χ0n) is 13.5. The van der Waals surface area contributed by atoms with Gasteiger partial charge in [0.15, 0.2) is 0 Å². The van der Waals surface area contributed by atoms with Crippen molar-refractivity contribution in [3.05, 3.63) is 51.8 Å². The lowest BCUT2D eigenvalue weighted by molar-refractivity contribution is -0.116. The van der Waals surface area contributed by atoms with Gasteiger partial charge < -0.3 is 14.4 Å². The van der Waals surface area contributed by atoms with E-state index in [0.29, 0.717) is 22.7 Å². The number of hydrogen-bond acceptors (Lipinski definition) is 3. The van der Waals surface area contributed by atoms with Crippen LogP contribution in [0.2, 0.25) is 10.0 Å². The van der Waals surface area contributed by atoms with E-state index in [-0.39, 0.29) is 28.4 Å². The number of anilines is 1. The number of rotatable bonds is 6. The summed E-state index contributed by atoms with van der Waals surface area (Å²) in [5.41, 5.74) is 0.892. The highest BCUT2D eigenvalue weighted by molar-refractivity contribution is 6.36. The number of halogens is 4. The van der Waals surface area contributed by atoms with Gasteiger partial charge in [0.05, 0.1) is 26.5 Å². The van der Waals surface area contributed by atoms with Crippen molar-refractivity contribution in [3.8, 4) is 11.5 Å². The van der Waals surface area contributed by atoms with E-state index in [1.807, 2.05) is 0 Å². The third-order valence-corrected chi connectivity index (χ3v) is 4.39. The molecule has 1 amide bonds. The highest BCUT2D eigenvalue weighted by Gasteiger charge is 2.20. The molecule has 0 N–H and O–H groups in total. The molecule has 2 rings (SSSR count). The van der Waals surface area contributed by atoms with Gasteiger partial charge in [-0.25, -0.2) is 4.39 Å². The summed E-state index contributed by atoms with van der Waals surface area (Å²) >= 11 is 17.9. The molecule has 8 heteroatoms. The van der Waals surface area contributed by atoms with Gasteiger partial charge in [-0.15, -0.1) is 11.6 Å². The fourth-order valence-corrected chi connectivity index (χ4v) is 2.95. The summed E-state index contributed by atoms with van der Waals surface area (Å²) in [6, 6.07) is 7.25. The quantitative estimate of drug-likeness (QED) is 0.639. The molecule has 0 fully saturated rings. The minimum Gasteiger partial charge on any atom is -0.497 e. The molecule has 0 unspecified atom stereocenters. The zero-order valence-corrected chi connectivity index (χ0v) is 15.8. The molecule has 2 aromatic rings. The van der Waals surface area contributed by atoms with Gasteiger partial charge in [-0.05, 0) is 12.1 Å². The van der Waals surface area contributed by atoms with E-state index in [9.17, 15) is 9.18 Å². The summed E-state index contributed by atoms with van der Waals surface area (Å²) in [6.07, 6.45) is 0. The van der Waals surface area contributed by atoms with E-state index in [1.165, 1.54) is 19.1 Å². The van der Waals surface area contributed by atoms with Crippen molar-refractivity contribution in [2.75, 3.05) is 25.0 Å². The first kappa shape index (κ1) is 19.6. The van der Waals surface area contributed by atoms with Gasteiger partial charge >= 0.3 is 0 Å². The summed E-state index contributed by atoms with van der Waals surface area (Å²) in [4.78, 5) is 13.7. The largest absolute Gasteiger partial charge is 0.497 e. The standard InChI is InChI=1S/C17H15Cl3FNO3/c1-24-12-5-11(6-13(7-12)25-2)22(17(23)8-18)9-14-15(19)3-10(21)4-16(14)20/h3-7H,8-9H2,1-2H3. The average Bonchev–Trinajstić information content (AvgIpc) is 2.59. The Morgan fingerprint density at radius 1 is 1.04 bits per heavy atom. The fourth-order valence-electron chi connectivity index (χ4n) is 2.23. The van der Waals surface area contributed by atoms with E-state index < -0.39 is 5.82 Å². The van der Waals surface area contributed by atoms with Crippen LogP contribution in [0.4, 0.5) is 10.1 Å². The molecule has 0 saturated heterocycles. The minimum atomic E-state index is -0.558. The highest BCUT2D eigenvalue weighted by Crippen LogP contribution is 2.33. The number of alkyl halides is 1. The first-order chi connectivity index (χ1) is 11.9. The van der Waals surface area contributed by atoms with Crippen LogP contribution in [0.5, 0.6) is 11.5 Å². The van der Waals surface area contributed by atoms with Crippen molar-refractivity contribution in [1.29, 1.82) is 0 Å². The topological polar surface area (TPSA) is 38.8 Å². The van der Waals surface area contributed by atoms with Crippen molar-refractivity contribution in [2.24, 2.45) is 0 Å². The molecule has 0 aliphatic heterocycles. The Kier molecular flexibility index (Phi) is 6.76. The first-order valence-electron chi connectivity index (χ1n) is 7.12. The number of amides is 1. The summed E-state index contributed by atoms with van der Waals surface area (Å²) in [7, 11) is 3.00. The molecule has 0 aromatic heterocycles. The van der Waals surface area contributed by atoms with Gasteiger partial charge in [0.25, 0.3) is 0 Å². The third-order valence-electron chi connectivity index (χ3n) is 3.49. The minimum absolute atomic E-state index is 0.0137. The molecular weight excluding hydrogens is 392 g/mol. The Bertz CT molecular complexity index is 740. The first-order valence-corrected chi connectivity index (χ1v) is 8.41. The van der Waals surface area contributed by atoms with Crippen LogP contribution >= 0.6 is 34.8 Å². The Hall–Kier alpha value is -1.69. The Morgan fingerprint density at radius 3 is 2.00 bits per heavy atom. The van der Waals surface area contributed by atoms with Crippen LogP contribution in [0.15, 0.2) is 30.3 Å². The van der Waals surface area contributed by atoms with Crippen molar-refractivity contribution in [1.82, 2.24) is 0 Å². The number of methoxy groups -OCH3 is 2. The molecule has 0 saturated carbocycles. The molecule has 0 heterocycles. The van der Waals surface area contributed by atoms with Gasteiger partial charge in [-0.3, -0.25) is 4.79 Å². The number of ether oxygens (including phenoxy) is 2. The number of carbonyl (C=O) groups excluding carboxylic acids is 1. The lowest BCUT2D eigenvalue weighted by atomic mass is 10.1. The second-order valence-corrected chi connectivity index (χ2v) is 6.11. The monoisotopic (exact) mass is 405 g/mol. The SMILES string of the molecule is COc1cc(OC)cc(N(Cc2c(Cl)cc(F)cc2Cl)C(=O)CCl)c1.